The Labute approximate surface area is 271 Å². The van der Waals surface area contributed by atoms with Crippen LogP contribution >= 0.6 is 8.16 Å². The topological polar surface area (TPSA) is 29.5 Å². The minimum absolute atomic E-state index is 0.0275. The number of hydrogen-bond acceptors (Lipinski definition) is 3. The van der Waals surface area contributed by atoms with Crippen molar-refractivity contribution in [2.45, 2.75) is 38.8 Å². The highest BCUT2D eigenvalue weighted by Crippen LogP contribution is 2.47. The first-order valence-electron chi connectivity index (χ1n) is 15.9. The number of para-hydroxylation sites is 2. The van der Waals surface area contributed by atoms with Crippen molar-refractivity contribution in [3.05, 3.63) is 169 Å². The zero-order valence-electron chi connectivity index (χ0n) is 26.4. The van der Waals surface area contributed by atoms with Crippen LogP contribution in [0, 0.1) is 0 Å². The highest BCUT2D eigenvalue weighted by Gasteiger charge is 2.30. The Hall–Kier alpha value is -4.82. The average Bonchev–Trinajstić information content (AvgIpc) is 3.26. The minimum Gasteiger partial charge on any atom is -0.407 e. The maximum Gasteiger partial charge on any atom is 0.310 e. The first kappa shape index (κ1) is 29.9. The molecule has 0 aliphatic carbocycles. The van der Waals surface area contributed by atoms with Crippen molar-refractivity contribution in [3.8, 4) is 0 Å². The van der Waals surface area contributed by atoms with Gasteiger partial charge >= 0.3 is 8.16 Å². The van der Waals surface area contributed by atoms with Crippen LogP contribution in [-0.4, -0.2) is 0 Å². The van der Waals surface area contributed by atoms with Crippen LogP contribution in [0.3, 0.4) is 0 Å². The van der Waals surface area contributed by atoms with Crippen LogP contribution in [0.2, 0.25) is 0 Å². The van der Waals surface area contributed by atoms with Crippen molar-refractivity contribution in [2.75, 3.05) is 4.67 Å². The molecular weight excluding hydrogens is 581 g/mol. The monoisotopic (exact) mass is 619 g/mol. The van der Waals surface area contributed by atoms with E-state index < -0.39 is 8.16 Å². The van der Waals surface area contributed by atoms with Crippen LogP contribution in [-0.2, 0) is 12.8 Å². The van der Waals surface area contributed by atoms with E-state index in [1.807, 2.05) is 12.2 Å². The summed E-state index contributed by atoms with van der Waals surface area (Å²) in [5.74, 6) is 0. The first-order valence-corrected chi connectivity index (χ1v) is 17.1. The minimum atomic E-state index is -1.64. The molecular formula is C42H38NO2P. The van der Waals surface area contributed by atoms with Crippen LogP contribution in [0.5, 0.6) is 0 Å². The van der Waals surface area contributed by atoms with Crippen molar-refractivity contribution < 1.29 is 8.39 Å². The lowest BCUT2D eigenvalue weighted by Crippen LogP contribution is -2.27. The molecule has 0 aliphatic rings. The van der Waals surface area contributed by atoms with E-state index in [2.05, 4.69) is 153 Å². The second-order valence-corrected chi connectivity index (χ2v) is 13.2. The smallest absolute Gasteiger partial charge is 0.310 e. The van der Waals surface area contributed by atoms with Gasteiger partial charge in [-0.05, 0) is 82.6 Å². The fraction of sp³-hybridized carbons (Fsp3) is 0.143. The standard InChI is InChI=1S/C42H38NO2P/c1-5-13-33-19-11-21-39-40-22-12-20-34(14-6-2)42(40)45-46(44-41(33)39)43(29(3)35-25-23-31-15-7-9-17-37(31)27-35)30(4)36-26-24-32-16-8-10-18-38(32)28-36/h5-12,15-30H,1-2,13-14H2,3-4H3/t29-,30-/m0/s1. The molecule has 0 radical (unpaired) electrons. The van der Waals surface area contributed by atoms with E-state index in [1.165, 1.54) is 32.7 Å². The van der Waals surface area contributed by atoms with E-state index in [9.17, 15) is 0 Å². The highest BCUT2D eigenvalue weighted by molar-refractivity contribution is 7.39. The summed E-state index contributed by atoms with van der Waals surface area (Å²) in [6.07, 6.45) is 5.29. The summed E-state index contributed by atoms with van der Waals surface area (Å²) in [6, 6.07) is 43.3. The Morgan fingerprint density at radius 1 is 0.565 bits per heavy atom. The van der Waals surface area contributed by atoms with Crippen molar-refractivity contribution in [1.29, 1.82) is 0 Å². The SMILES string of the molecule is C=CCc1cccc2c1op(N([C@@H](C)c1ccc3ccccc3c1)[C@@H](C)c1ccc3ccccc3c1)oc1c(CC=C)cccc12. The number of nitrogens with zero attached hydrogens (tertiary/aromatic N) is 1. The van der Waals surface area contributed by atoms with Gasteiger partial charge in [0.2, 0.25) is 0 Å². The van der Waals surface area contributed by atoms with Crippen molar-refractivity contribution >= 4 is 51.6 Å². The van der Waals surface area contributed by atoms with E-state index in [0.717, 1.165) is 33.1 Å². The van der Waals surface area contributed by atoms with E-state index in [0.29, 0.717) is 12.8 Å². The number of benzene rings is 6. The van der Waals surface area contributed by atoms with Crippen LogP contribution < -0.4 is 4.67 Å². The highest BCUT2D eigenvalue weighted by atomic mass is 31.1. The summed E-state index contributed by atoms with van der Waals surface area (Å²) in [5.41, 5.74) is 6.35. The lowest BCUT2D eigenvalue weighted by atomic mass is 9.99. The number of allylic oxidation sites excluding steroid dienone is 2. The summed E-state index contributed by atoms with van der Waals surface area (Å²) in [5, 5.41) is 6.98. The molecule has 0 saturated carbocycles. The van der Waals surface area contributed by atoms with E-state index in [1.54, 1.807) is 0 Å². The molecule has 0 spiro atoms. The van der Waals surface area contributed by atoms with E-state index in [-0.39, 0.29) is 12.1 Å². The normalized spacial score (nSPS) is 12.9. The second-order valence-electron chi connectivity index (χ2n) is 11.9. The maximum atomic E-state index is 7.17. The van der Waals surface area contributed by atoms with Crippen molar-refractivity contribution in [1.82, 2.24) is 0 Å². The zero-order valence-corrected chi connectivity index (χ0v) is 27.3. The molecule has 1 heterocycles. The first-order chi connectivity index (χ1) is 22.6. The Bertz CT molecular complexity index is 2110. The van der Waals surface area contributed by atoms with Gasteiger partial charge in [0.25, 0.3) is 0 Å². The van der Waals surface area contributed by atoms with Crippen molar-refractivity contribution in [2.24, 2.45) is 0 Å². The van der Waals surface area contributed by atoms with Crippen molar-refractivity contribution in [3.63, 3.8) is 0 Å². The van der Waals surface area contributed by atoms with E-state index in [4.69, 9.17) is 8.39 Å². The molecule has 1 aromatic heterocycles. The fourth-order valence-electron chi connectivity index (χ4n) is 6.57. The molecule has 7 rings (SSSR count). The largest absolute Gasteiger partial charge is 0.407 e. The third-order valence-corrected chi connectivity index (χ3v) is 10.8. The Balaban J connectivity index is 1.52. The van der Waals surface area contributed by atoms with Gasteiger partial charge in [-0.3, -0.25) is 0 Å². The predicted molar refractivity (Wildman–Crippen MR) is 197 cm³/mol. The number of hydrogen-bond donors (Lipinski definition) is 0. The average molecular weight is 620 g/mol. The van der Waals surface area contributed by atoms with Gasteiger partial charge in [0.05, 0.1) is 0 Å². The lowest BCUT2D eigenvalue weighted by Gasteiger charge is -2.32. The molecule has 6 aromatic carbocycles. The quantitative estimate of drug-likeness (QED) is 0.151. The van der Waals surface area contributed by atoms with Gasteiger partial charge < -0.3 is 8.39 Å². The molecule has 0 N–H and O–H groups in total. The summed E-state index contributed by atoms with van der Waals surface area (Å²) in [4.78, 5) is 0. The van der Waals surface area contributed by atoms with Crippen LogP contribution in [0.25, 0.3) is 43.5 Å². The molecule has 0 saturated heterocycles. The predicted octanol–water partition coefficient (Wildman–Crippen LogP) is 12.5. The van der Waals surface area contributed by atoms with Gasteiger partial charge in [-0.15, -0.1) is 13.2 Å². The third kappa shape index (κ3) is 5.58. The third-order valence-electron chi connectivity index (χ3n) is 9.04. The molecule has 228 valence electrons. The van der Waals surface area contributed by atoms with Gasteiger partial charge in [0.1, 0.15) is 11.2 Å². The number of fused-ring (bicyclic) bond motifs is 5. The van der Waals surface area contributed by atoms with Crippen LogP contribution in [0.1, 0.15) is 48.2 Å². The molecule has 7 aromatic rings. The van der Waals surface area contributed by atoms with Gasteiger partial charge in [-0.25, -0.2) is 0 Å². The molecule has 0 bridgehead atoms. The fourth-order valence-corrected chi connectivity index (χ4v) is 8.37. The van der Waals surface area contributed by atoms with Gasteiger partial charge in [-0.2, -0.15) is 4.67 Å². The second kappa shape index (κ2) is 12.9. The zero-order chi connectivity index (χ0) is 31.6. The number of rotatable bonds is 9. The van der Waals surface area contributed by atoms with E-state index >= 15 is 0 Å². The van der Waals surface area contributed by atoms with Gasteiger partial charge in [0.15, 0.2) is 0 Å². The molecule has 2 atom stereocenters. The maximum absolute atomic E-state index is 7.17. The Morgan fingerprint density at radius 3 is 1.43 bits per heavy atom. The summed E-state index contributed by atoms with van der Waals surface area (Å²) >= 11 is 0. The van der Waals surface area contributed by atoms with Crippen LogP contribution in [0.15, 0.2) is 155 Å². The summed E-state index contributed by atoms with van der Waals surface area (Å²) in [6.45, 7) is 12.6. The Morgan fingerprint density at radius 2 is 1.00 bits per heavy atom. The molecule has 0 fully saturated rings. The molecule has 0 amide bonds. The Kier molecular flexibility index (Phi) is 8.37. The lowest BCUT2D eigenvalue weighted by molar-refractivity contribution is 0.557. The molecule has 46 heavy (non-hydrogen) atoms. The molecule has 4 heteroatoms. The molecule has 3 nitrogen and oxygen atoms in total. The van der Waals surface area contributed by atoms with Gasteiger partial charge in [-0.1, -0.05) is 121 Å². The van der Waals surface area contributed by atoms with Crippen LogP contribution in [0.4, 0.5) is 0 Å². The molecule has 0 aliphatic heterocycles. The molecule has 0 unspecified atom stereocenters. The summed E-state index contributed by atoms with van der Waals surface area (Å²) in [7, 11) is -1.64. The summed E-state index contributed by atoms with van der Waals surface area (Å²) < 4.78 is 16.8. The van der Waals surface area contributed by atoms with Gasteiger partial charge in [0, 0.05) is 22.9 Å².